The van der Waals surface area contributed by atoms with Gasteiger partial charge in [-0.15, -0.1) is 5.10 Å². The summed E-state index contributed by atoms with van der Waals surface area (Å²) in [6.07, 6.45) is 4.62. The fourth-order valence-corrected chi connectivity index (χ4v) is 6.65. The Morgan fingerprint density at radius 1 is 1.00 bits per heavy atom. The lowest BCUT2D eigenvalue weighted by atomic mass is 9.82. The maximum atomic E-state index is 14.4. The zero-order chi connectivity index (χ0) is 29.0. The highest BCUT2D eigenvalue weighted by Crippen LogP contribution is 2.54. The number of rotatable bonds is 9. The average Bonchev–Trinajstić information content (AvgIpc) is 3.63. The van der Waals surface area contributed by atoms with Crippen LogP contribution in [0.15, 0.2) is 48.7 Å². The molecule has 0 bridgehead atoms. The standard InChI is InChI=1S/C31H34N6O5/c1-20-16-25(8-12-34-19-22(11-15-38)32-33-34)42-31(20)26-17-24(36-14-10-29(36)40)6-7-27(26)37(30(31)41)18-21-2-4-23(5-3-21)35-13-9-28(35)39/h2-7,17,19-20,25,38H,8-16,18H2,1H3/t20-,25+,31+/m0/s1. The van der Waals surface area contributed by atoms with Crippen molar-refractivity contribution < 1.29 is 24.2 Å². The van der Waals surface area contributed by atoms with E-state index in [1.807, 2.05) is 48.7 Å². The molecule has 1 aromatic heterocycles. The van der Waals surface area contributed by atoms with Crippen LogP contribution in [0.1, 0.15) is 49.4 Å². The molecule has 0 aliphatic carbocycles. The van der Waals surface area contributed by atoms with Crippen molar-refractivity contribution in [3.05, 3.63) is 65.5 Å². The number of benzene rings is 2. The lowest BCUT2D eigenvalue weighted by Crippen LogP contribution is -2.44. The number of carbonyl (C=O) groups excluding carboxylic acids is 3. The van der Waals surface area contributed by atoms with Gasteiger partial charge < -0.3 is 24.5 Å². The summed E-state index contributed by atoms with van der Waals surface area (Å²) in [7, 11) is 0. The maximum Gasteiger partial charge on any atom is 0.264 e. The van der Waals surface area contributed by atoms with Crippen LogP contribution in [-0.2, 0) is 44.2 Å². The van der Waals surface area contributed by atoms with E-state index in [9.17, 15) is 19.5 Å². The van der Waals surface area contributed by atoms with Gasteiger partial charge in [0.25, 0.3) is 5.91 Å². The number of anilines is 3. The monoisotopic (exact) mass is 570 g/mol. The Kier molecular flexibility index (Phi) is 6.58. The van der Waals surface area contributed by atoms with Gasteiger partial charge in [-0.1, -0.05) is 24.3 Å². The molecule has 11 heteroatoms. The van der Waals surface area contributed by atoms with Gasteiger partial charge >= 0.3 is 0 Å². The molecule has 0 saturated carbocycles. The van der Waals surface area contributed by atoms with Crippen molar-refractivity contribution in [2.45, 2.75) is 63.8 Å². The summed E-state index contributed by atoms with van der Waals surface area (Å²) in [4.78, 5) is 43.9. The van der Waals surface area contributed by atoms with E-state index in [1.54, 1.807) is 19.4 Å². The van der Waals surface area contributed by atoms with Crippen molar-refractivity contribution in [2.75, 3.05) is 34.4 Å². The Balaban J connectivity index is 1.16. The van der Waals surface area contributed by atoms with Gasteiger partial charge in [0.05, 0.1) is 24.0 Å². The number of aliphatic hydroxyl groups excluding tert-OH is 1. The second-order valence-electron chi connectivity index (χ2n) is 11.7. The van der Waals surface area contributed by atoms with E-state index in [2.05, 4.69) is 17.2 Å². The van der Waals surface area contributed by atoms with Gasteiger partial charge in [-0.3, -0.25) is 19.1 Å². The Morgan fingerprint density at radius 2 is 1.71 bits per heavy atom. The third-order valence-electron chi connectivity index (χ3n) is 9.13. The summed E-state index contributed by atoms with van der Waals surface area (Å²) < 4.78 is 8.52. The Labute approximate surface area is 243 Å². The van der Waals surface area contributed by atoms with Gasteiger partial charge in [-0.2, -0.15) is 0 Å². The lowest BCUT2D eigenvalue weighted by molar-refractivity contribution is -0.146. The number of aliphatic hydroxyl groups is 1. The second-order valence-corrected chi connectivity index (χ2v) is 11.7. The van der Waals surface area contributed by atoms with E-state index in [0.29, 0.717) is 51.7 Å². The molecule has 1 N–H and O–H groups in total. The minimum atomic E-state index is -1.14. The van der Waals surface area contributed by atoms with Crippen LogP contribution in [-0.4, -0.2) is 63.6 Å². The number of amides is 3. The molecule has 7 rings (SSSR count). The van der Waals surface area contributed by atoms with Crippen molar-refractivity contribution in [2.24, 2.45) is 5.92 Å². The summed E-state index contributed by atoms with van der Waals surface area (Å²) in [5.74, 6) is 0.0351. The molecule has 5 heterocycles. The van der Waals surface area contributed by atoms with Gasteiger partial charge in [0, 0.05) is 74.6 Å². The molecule has 3 saturated heterocycles. The number of aryl methyl sites for hydroxylation is 1. The predicted octanol–water partition coefficient (Wildman–Crippen LogP) is 2.54. The Bertz CT molecular complexity index is 1550. The first-order chi connectivity index (χ1) is 20.4. The highest BCUT2D eigenvalue weighted by atomic mass is 16.5. The van der Waals surface area contributed by atoms with E-state index in [4.69, 9.17) is 4.74 Å². The van der Waals surface area contributed by atoms with Crippen LogP contribution >= 0.6 is 0 Å². The highest BCUT2D eigenvalue weighted by Gasteiger charge is 2.60. The molecule has 11 nitrogen and oxygen atoms in total. The third-order valence-corrected chi connectivity index (χ3v) is 9.13. The second kappa shape index (κ2) is 10.3. The molecule has 4 aliphatic rings. The Hall–Kier alpha value is -4.09. The van der Waals surface area contributed by atoms with Crippen LogP contribution in [0.25, 0.3) is 0 Å². The third kappa shape index (κ3) is 4.30. The number of aromatic nitrogens is 3. The number of ether oxygens (including phenoxy) is 1. The van der Waals surface area contributed by atoms with Crippen LogP contribution in [0.2, 0.25) is 0 Å². The summed E-state index contributed by atoms with van der Waals surface area (Å²) in [5.41, 5.74) is 3.83. The highest BCUT2D eigenvalue weighted by molar-refractivity contribution is 6.08. The van der Waals surface area contributed by atoms with Crippen LogP contribution in [0.5, 0.6) is 0 Å². The molecule has 42 heavy (non-hydrogen) atoms. The largest absolute Gasteiger partial charge is 0.396 e. The van der Waals surface area contributed by atoms with Crippen molar-refractivity contribution in [1.82, 2.24) is 15.0 Å². The summed E-state index contributed by atoms with van der Waals surface area (Å²) in [6, 6.07) is 13.6. The van der Waals surface area contributed by atoms with Gasteiger partial charge in [0.2, 0.25) is 11.8 Å². The minimum Gasteiger partial charge on any atom is -0.396 e. The van der Waals surface area contributed by atoms with Crippen molar-refractivity contribution in [3.63, 3.8) is 0 Å². The van der Waals surface area contributed by atoms with E-state index < -0.39 is 5.60 Å². The van der Waals surface area contributed by atoms with Crippen LogP contribution in [0.3, 0.4) is 0 Å². The van der Waals surface area contributed by atoms with Gasteiger partial charge in [0.1, 0.15) is 0 Å². The topological polar surface area (TPSA) is 121 Å². The molecule has 3 fully saturated rings. The predicted molar refractivity (Wildman–Crippen MR) is 154 cm³/mol. The van der Waals surface area contributed by atoms with Crippen molar-refractivity contribution in [3.8, 4) is 0 Å². The fourth-order valence-electron chi connectivity index (χ4n) is 6.65. The van der Waals surface area contributed by atoms with Crippen LogP contribution < -0.4 is 14.7 Å². The molecule has 3 amide bonds. The number of carbonyl (C=O) groups is 3. The smallest absolute Gasteiger partial charge is 0.264 e. The number of fused-ring (bicyclic) bond motifs is 2. The normalized spacial score (nSPS) is 24.9. The molecule has 3 aromatic rings. The quantitative estimate of drug-likeness (QED) is 0.393. The molecule has 4 aliphatic heterocycles. The number of nitrogens with zero attached hydrogens (tertiary/aromatic N) is 6. The molecule has 218 valence electrons. The molecular formula is C31H34N6O5. The van der Waals surface area contributed by atoms with Crippen LogP contribution in [0, 0.1) is 5.92 Å². The van der Waals surface area contributed by atoms with Gasteiger partial charge in [-0.05, 0) is 48.7 Å². The molecule has 1 spiro atoms. The lowest BCUT2D eigenvalue weighted by Gasteiger charge is -2.32. The molecule has 3 atom stereocenters. The first kappa shape index (κ1) is 26.8. The van der Waals surface area contributed by atoms with Gasteiger partial charge in [0.15, 0.2) is 5.60 Å². The SMILES string of the molecule is C[C@H]1C[C@@H](CCn2cc(CCO)nn2)O[C@]12C(=O)N(Cc1ccc(N3CCC3=O)cc1)c1ccc(N3CCC3=O)cc12. The zero-order valence-electron chi connectivity index (χ0n) is 23.6. The maximum absolute atomic E-state index is 14.4. The minimum absolute atomic E-state index is 0.0236. The summed E-state index contributed by atoms with van der Waals surface area (Å²) in [6.45, 7) is 4.46. The molecule has 0 unspecified atom stereocenters. The Morgan fingerprint density at radius 3 is 2.38 bits per heavy atom. The van der Waals surface area contributed by atoms with Gasteiger partial charge in [-0.25, -0.2) is 0 Å². The molecule has 2 aromatic carbocycles. The first-order valence-electron chi connectivity index (χ1n) is 14.7. The van der Waals surface area contributed by atoms with Crippen LogP contribution in [0.4, 0.5) is 17.1 Å². The van der Waals surface area contributed by atoms with E-state index in [-0.39, 0.29) is 36.4 Å². The zero-order valence-corrected chi connectivity index (χ0v) is 23.6. The van der Waals surface area contributed by atoms with E-state index in [1.165, 1.54) is 0 Å². The fraction of sp³-hybridized carbons (Fsp3) is 0.452. The average molecular weight is 571 g/mol. The van der Waals surface area contributed by atoms with E-state index >= 15 is 0 Å². The van der Waals surface area contributed by atoms with Crippen molar-refractivity contribution in [1.29, 1.82) is 0 Å². The number of hydrogen-bond donors (Lipinski definition) is 1. The summed E-state index contributed by atoms with van der Waals surface area (Å²) in [5, 5.41) is 17.4. The summed E-state index contributed by atoms with van der Waals surface area (Å²) >= 11 is 0. The number of β-lactam (4-membered cyclic amide) rings is 2. The van der Waals surface area contributed by atoms with Crippen molar-refractivity contribution >= 4 is 34.8 Å². The number of hydrogen-bond acceptors (Lipinski definition) is 7. The first-order valence-corrected chi connectivity index (χ1v) is 14.7. The molecular weight excluding hydrogens is 536 g/mol. The van der Waals surface area contributed by atoms with E-state index in [0.717, 1.165) is 40.4 Å². The molecule has 0 radical (unpaired) electrons.